The first-order valence-electron chi connectivity index (χ1n) is 7.76. The number of anilines is 2. The Morgan fingerprint density at radius 2 is 1.85 bits per heavy atom. The minimum atomic E-state index is -0.506. The van der Waals surface area contributed by atoms with Crippen LogP contribution in [-0.4, -0.2) is 29.3 Å². The summed E-state index contributed by atoms with van der Waals surface area (Å²) in [6, 6.07) is 14.5. The van der Waals surface area contributed by atoms with Gasteiger partial charge in [0.2, 0.25) is 11.8 Å². The molecule has 1 atom stereocenters. The van der Waals surface area contributed by atoms with E-state index in [-0.39, 0.29) is 18.2 Å². The van der Waals surface area contributed by atoms with Gasteiger partial charge in [0.15, 0.2) is 5.17 Å². The largest absolute Gasteiger partial charge is 0.335 e. The van der Waals surface area contributed by atoms with E-state index in [0.29, 0.717) is 15.9 Å². The summed E-state index contributed by atoms with van der Waals surface area (Å²) in [5, 5.41) is 3.83. The van der Waals surface area contributed by atoms with Crippen LogP contribution in [0.2, 0.25) is 5.02 Å². The zero-order valence-corrected chi connectivity index (χ0v) is 17.5. The molecule has 0 radical (unpaired) electrons. The van der Waals surface area contributed by atoms with Gasteiger partial charge in [-0.1, -0.05) is 23.4 Å². The van der Waals surface area contributed by atoms with Gasteiger partial charge in [0.05, 0.1) is 5.69 Å². The molecule has 8 heteroatoms. The van der Waals surface area contributed by atoms with Crippen LogP contribution in [0.25, 0.3) is 0 Å². The monoisotopic (exact) mass is 499 g/mol. The van der Waals surface area contributed by atoms with Crippen molar-refractivity contribution in [3.05, 3.63) is 57.1 Å². The van der Waals surface area contributed by atoms with Gasteiger partial charge in [-0.05, 0) is 71.1 Å². The maximum Gasteiger partial charge on any atom is 0.247 e. The second-order valence-electron chi connectivity index (χ2n) is 5.52. The number of benzene rings is 2. The first-order chi connectivity index (χ1) is 12.5. The summed E-state index contributed by atoms with van der Waals surface area (Å²) in [7, 11) is 1.65. The molecule has 5 nitrogen and oxygen atoms in total. The smallest absolute Gasteiger partial charge is 0.247 e. The molecule has 0 bridgehead atoms. The standard InChI is InChI=1S/C18H15ClIN3O2S/c1-21-18(22-13-6-4-12(20)5-7-13)26-15-10-16(24)23(17(15)25)14-8-2-11(19)3-9-14/h2-9,15H,10H2,1H3,(H,21,22)/t15-/m0/s1. The van der Waals surface area contributed by atoms with Crippen molar-refractivity contribution in [1.82, 2.24) is 0 Å². The van der Waals surface area contributed by atoms with Gasteiger partial charge in [0.1, 0.15) is 5.25 Å². The summed E-state index contributed by atoms with van der Waals surface area (Å²) in [5.41, 5.74) is 1.41. The highest BCUT2D eigenvalue weighted by molar-refractivity contribution is 14.1. The van der Waals surface area contributed by atoms with Crippen LogP contribution in [0.1, 0.15) is 6.42 Å². The molecule has 2 aromatic carbocycles. The molecule has 0 saturated carbocycles. The highest BCUT2D eigenvalue weighted by Gasteiger charge is 2.40. The van der Waals surface area contributed by atoms with E-state index in [1.165, 1.54) is 16.7 Å². The second kappa shape index (κ2) is 8.41. The van der Waals surface area contributed by atoms with Crippen molar-refractivity contribution in [2.75, 3.05) is 17.3 Å². The van der Waals surface area contributed by atoms with Crippen molar-refractivity contribution >= 4 is 74.3 Å². The lowest BCUT2D eigenvalue weighted by molar-refractivity contribution is -0.121. The fourth-order valence-corrected chi connectivity index (χ4v) is 3.96. The normalized spacial score (nSPS) is 17.7. The number of carbonyl (C=O) groups excluding carboxylic acids is 2. The summed E-state index contributed by atoms with van der Waals surface area (Å²) in [6.45, 7) is 0. The van der Waals surface area contributed by atoms with E-state index in [9.17, 15) is 9.59 Å². The molecule has 2 amide bonds. The van der Waals surface area contributed by atoms with Crippen LogP contribution < -0.4 is 10.2 Å². The van der Waals surface area contributed by atoms with Crippen molar-refractivity contribution in [3.8, 4) is 0 Å². The molecule has 0 spiro atoms. The lowest BCUT2D eigenvalue weighted by Gasteiger charge is -2.15. The van der Waals surface area contributed by atoms with Crippen molar-refractivity contribution in [1.29, 1.82) is 0 Å². The van der Waals surface area contributed by atoms with E-state index in [0.717, 1.165) is 9.26 Å². The van der Waals surface area contributed by atoms with Crippen molar-refractivity contribution in [2.45, 2.75) is 11.7 Å². The predicted octanol–water partition coefficient (Wildman–Crippen LogP) is 4.41. The molecule has 1 aliphatic rings. The number of hydrogen-bond acceptors (Lipinski definition) is 4. The van der Waals surface area contributed by atoms with Crippen LogP contribution in [0.5, 0.6) is 0 Å². The lowest BCUT2D eigenvalue weighted by Crippen LogP contribution is -2.31. The van der Waals surface area contributed by atoms with Gasteiger partial charge in [-0.25, -0.2) is 4.90 Å². The zero-order chi connectivity index (χ0) is 18.7. The summed E-state index contributed by atoms with van der Waals surface area (Å²) in [6.07, 6.45) is 0.138. The first kappa shape index (κ1) is 19.2. The highest BCUT2D eigenvalue weighted by Crippen LogP contribution is 2.31. The number of amidine groups is 1. The second-order valence-corrected chi connectivity index (χ2v) is 8.39. The average molecular weight is 500 g/mol. The van der Waals surface area contributed by atoms with E-state index in [1.807, 2.05) is 24.3 Å². The summed E-state index contributed by atoms with van der Waals surface area (Å²) >= 11 is 9.38. The number of halogens is 2. The number of amides is 2. The quantitative estimate of drug-likeness (QED) is 0.294. The molecule has 3 rings (SSSR count). The SMILES string of the molecule is CN=C(Nc1ccc(I)cc1)S[C@H]1CC(=O)N(c2ccc(Cl)cc2)C1=O. The van der Waals surface area contributed by atoms with Crippen molar-refractivity contribution in [3.63, 3.8) is 0 Å². The van der Waals surface area contributed by atoms with Crippen molar-refractivity contribution < 1.29 is 9.59 Å². The van der Waals surface area contributed by atoms with Crippen molar-refractivity contribution in [2.24, 2.45) is 4.99 Å². The lowest BCUT2D eigenvalue weighted by atomic mass is 10.3. The number of nitrogens with one attached hydrogen (secondary N) is 1. The van der Waals surface area contributed by atoms with Crippen LogP contribution in [0.4, 0.5) is 11.4 Å². The molecular formula is C18H15ClIN3O2S. The van der Waals surface area contributed by atoms with Crippen LogP contribution in [0.15, 0.2) is 53.5 Å². The van der Waals surface area contributed by atoms with Crippen LogP contribution in [-0.2, 0) is 9.59 Å². The molecular weight excluding hydrogens is 485 g/mol. The van der Waals surface area contributed by atoms with Gasteiger partial charge in [-0.2, -0.15) is 0 Å². The van der Waals surface area contributed by atoms with Gasteiger partial charge in [-0.15, -0.1) is 0 Å². The summed E-state index contributed by atoms with van der Waals surface area (Å²) in [4.78, 5) is 30.5. The maximum absolute atomic E-state index is 12.7. The van der Waals surface area contributed by atoms with Crippen LogP contribution in [0, 0.1) is 3.57 Å². The number of thioether (sulfide) groups is 1. The molecule has 1 fully saturated rings. The Kier molecular flexibility index (Phi) is 6.20. The first-order valence-corrected chi connectivity index (χ1v) is 10.1. The molecule has 26 heavy (non-hydrogen) atoms. The minimum Gasteiger partial charge on any atom is -0.335 e. The summed E-state index contributed by atoms with van der Waals surface area (Å²) in [5.74, 6) is -0.465. The van der Waals surface area contributed by atoms with Gasteiger partial charge in [-0.3, -0.25) is 14.6 Å². The third-order valence-corrected chi connectivity index (χ3v) is 5.87. The number of carbonyl (C=O) groups is 2. The van der Waals surface area contributed by atoms with Crippen LogP contribution >= 0.6 is 46.0 Å². The number of nitrogens with zero attached hydrogens (tertiary/aromatic N) is 2. The van der Waals surface area contributed by atoms with E-state index >= 15 is 0 Å². The third-order valence-electron chi connectivity index (χ3n) is 3.74. The van der Waals surface area contributed by atoms with Gasteiger partial charge in [0, 0.05) is 27.7 Å². The van der Waals surface area contributed by atoms with Gasteiger partial charge in [0.25, 0.3) is 0 Å². The van der Waals surface area contributed by atoms with Crippen LogP contribution in [0.3, 0.4) is 0 Å². The molecule has 1 aliphatic heterocycles. The molecule has 0 unspecified atom stereocenters. The van der Waals surface area contributed by atoms with E-state index in [1.54, 1.807) is 31.3 Å². The molecule has 1 saturated heterocycles. The molecule has 134 valence electrons. The maximum atomic E-state index is 12.7. The van der Waals surface area contributed by atoms with E-state index in [4.69, 9.17) is 11.6 Å². The molecule has 0 aliphatic carbocycles. The highest BCUT2D eigenvalue weighted by atomic mass is 127. The Labute approximate surface area is 174 Å². The fraction of sp³-hybridized carbons (Fsp3) is 0.167. The number of aliphatic imine (C=N–C) groups is 1. The zero-order valence-electron chi connectivity index (χ0n) is 13.8. The Morgan fingerprint density at radius 3 is 2.46 bits per heavy atom. The minimum absolute atomic E-state index is 0.138. The number of hydrogen-bond donors (Lipinski definition) is 1. The Balaban J connectivity index is 1.71. The Hall–Kier alpha value is -1.58. The third kappa shape index (κ3) is 4.39. The van der Waals surface area contributed by atoms with Gasteiger partial charge < -0.3 is 5.32 Å². The number of imide groups is 1. The average Bonchev–Trinajstić information content (AvgIpc) is 2.91. The topological polar surface area (TPSA) is 61.8 Å². The number of rotatable bonds is 3. The molecule has 1 N–H and O–H groups in total. The molecule has 0 aromatic heterocycles. The van der Waals surface area contributed by atoms with Gasteiger partial charge >= 0.3 is 0 Å². The Morgan fingerprint density at radius 1 is 1.19 bits per heavy atom. The van der Waals surface area contributed by atoms with E-state index in [2.05, 4.69) is 32.9 Å². The van der Waals surface area contributed by atoms with E-state index < -0.39 is 5.25 Å². The predicted molar refractivity (Wildman–Crippen MR) is 116 cm³/mol. The Bertz CT molecular complexity index is 856. The molecule has 1 heterocycles. The summed E-state index contributed by atoms with van der Waals surface area (Å²) < 4.78 is 1.13. The molecule has 2 aromatic rings. The fourth-order valence-electron chi connectivity index (χ4n) is 2.49.